The van der Waals surface area contributed by atoms with Crippen molar-refractivity contribution in [1.29, 1.82) is 0 Å². The highest BCUT2D eigenvalue weighted by atomic mass is 16.5. The van der Waals surface area contributed by atoms with Crippen molar-refractivity contribution < 1.29 is 24.1 Å². The van der Waals surface area contributed by atoms with Gasteiger partial charge in [0.15, 0.2) is 0 Å². The maximum Gasteiger partial charge on any atom is 0.337 e. The Balaban J connectivity index is 1.36. The number of benzene rings is 4. The first-order valence-corrected chi connectivity index (χ1v) is 13.2. The third-order valence-corrected chi connectivity index (χ3v) is 6.70. The Bertz CT molecular complexity index is 1870. The van der Waals surface area contributed by atoms with Crippen LogP contribution in [0.2, 0.25) is 0 Å². The Hall–Kier alpha value is -5.71. The Morgan fingerprint density at radius 1 is 0.929 bits per heavy atom. The lowest BCUT2D eigenvalue weighted by Gasteiger charge is -2.13. The van der Waals surface area contributed by atoms with Crippen molar-refractivity contribution in [2.45, 2.75) is 13.5 Å². The molecular formula is C31H26N6O5. The van der Waals surface area contributed by atoms with Gasteiger partial charge in [-0.25, -0.2) is 4.79 Å². The third kappa shape index (κ3) is 5.22. The molecule has 0 saturated carbocycles. The molecule has 2 N–H and O–H groups in total. The molecule has 11 nitrogen and oxygen atoms in total. The molecule has 0 fully saturated rings. The molecule has 2 heterocycles. The predicted octanol–water partition coefficient (Wildman–Crippen LogP) is 5.83. The average Bonchev–Trinajstić information content (AvgIpc) is 3.66. The number of carbonyl (C=O) groups is 1. The zero-order chi connectivity index (χ0) is 29.1. The van der Waals surface area contributed by atoms with Crippen LogP contribution in [0.4, 0.5) is 0 Å². The number of ether oxygens (including phenoxy) is 3. The van der Waals surface area contributed by atoms with Crippen molar-refractivity contribution in [3.05, 3.63) is 96.1 Å². The molecule has 0 saturated heterocycles. The van der Waals surface area contributed by atoms with Crippen LogP contribution in [0.1, 0.15) is 22.8 Å². The lowest BCUT2D eigenvalue weighted by atomic mass is 9.97. The summed E-state index contributed by atoms with van der Waals surface area (Å²) in [6.45, 7) is 2.63. The molecule has 210 valence electrons. The number of fused-ring (bicyclic) bond motifs is 1. The molecule has 6 aromatic rings. The fourth-order valence-corrected chi connectivity index (χ4v) is 4.79. The summed E-state index contributed by atoms with van der Waals surface area (Å²) in [5, 5.41) is 24.4. The standard InChI is InChI=1S/C31H26N6O5/c1-3-41-31-32-27-9-5-8-25(30(38)39)28(27)37(31)18-19-10-12-20(13-11-19)26-17-23(14-15-24(26)29-33-35-36-34-29)42-22-7-4-6-21(16-22)40-2/h4-17H,3,18H2,1-2H3,(H,38,39)(H,33,34,35,36). The smallest absolute Gasteiger partial charge is 0.337 e. The molecule has 0 aliphatic rings. The fraction of sp³-hybridized carbons (Fsp3) is 0.129. The van der Waals surface area contributed by atoms with Crippen LogP contribution in [0.15, 0.2) is 84.9 Å². The molecule has 2 aromatic heterocycles. The van der Waals surface area contributed by atoms with Crippen LogP contribution >= 0.6 is 0 Å². The van der Waals surface area contributed by atoms with E-state index in [9.17, 15) is 9.90 Å². The van der Waals surface area contributed by atoms with Crippen molar-refractivity contribution in [1.82, 2.24) is 30.2 Å². The van der Waals surface area contributed by atoms with Crippen LogP contribution in [0, 0.1) is 0 Å². The summed E-state index contributed by atoms with van der Waals surface area (Å²) in [5.41, 5.74) is 4.71. The van der Waals surface area contributed by atoms with Crippen molar-refractivity contribution in [2.24, 2.45) is 0 Å². The van der Waals surface area contributed by atoms with Gasteiger partial charge in [-0.15, -0.1) is 10.2 Å². The molecule has 0 aliphatic heterocycles. The van der Waals surface area contributed by atoms with Gasteiger partial charge in [0.2, 0.25) is 5.82 Å². The molecule has 0 atom stereocenters. The Morgan fingerprint density at radius 3 is 2.45 bits per heavy atom. The number of nitrogens with one attached hydrogen (secondary N) is 1. The van der Waals surface area contributed by atoms with Crippen LogP contribution in [0.25, 0.3) is 33.5 Å². The van der Waals surface area contributed by atoms with Gasteiger partial charge < -0.3 is 19.3 Å². The highest BCUT2D eigenvalue weighted by Gasteiger charge is 2.19. The molecule has 11 heteroatoms. The van der Waals surface area contributed by atoms with E-state index in [2.05, 4.69) is 25.6 Å². The number of methoxy groups -OCH3 is 1. The first kappa shape index (κ1) is 26.5. The SMILES string of the molecule is CCOc1nc2cccc(C(=O)O)c2n1Cc1ccc(-c2cc(Oc3cccc(OC)c3)ccc2-c2nn[nH]n2)cc1. The van der Waals surface area contributed by atoms with Crippen LogP contribution in [-0.4, -0.2) is 55.0 Å². The van der Waals surface area contributed by atoms with Gasteiger partial charge in [0, 0.05) is 11.6 Å². The number of carboxylic acid groups (broad SMARTS) is 1. The number of carboxylic acids is 1. The molecule has 42 heavy (non-hydrogen) atoms. The van der Waals surface area contributed by atoms with Crippen molar-refractivity contribution in [2.75, 3.05) is 13.7 Å². The number of imidazole rings is 1. The van der Waals surface area contributed by atoms with Crippen LogP contribution in [0.5, 0.6) is 23.3 Å². The van der Waals surface area contributed by atoms with Crippen LogP contribution < -0.4 is 14.2 Å². The van der Waals surface area contributed by atoms with Gasteiger partial charge in [-0.2, -0.15) is 10.2 Å². The normalized spacial score (nSPS) is 11.0. The van der Waals surface area contributed by atoms with Gasteiger partial charge in [0.1, 0.15) is 17.2 Å². The van der Waals surface area contributed by atoms with E-state index < -0.39 is 5.97 Å². The topological polar surface area (TPSA) is 137 Å². The number of para-hydroxylation sites is 1. The molecule has 6 rings (SSSR count). The number of hydrogen-bond donors (Lipinski definition) is 2. The molecule has 0 spiro atoms. The number of nitrogens with zero attached hydrogens (tertiary/aromatic N) is 5. The predicted molar refractivity (Wildman–Crippen MR) is 155 cm³/mol. The van der Waals surface area contributed by atoms with Gasteiger partial charge in [0.05, 0.1) is 36.9 Å². The number of rotatable bonds is 10. The summed E-state index contributed by atoms with van der Waals surface area (Å²) in [6, 6.07) is 26.4. The van der Waals surface area contributed by atoms with E-state index in [0.29, 0.717) is 53.3 Å². The Labute approximate surface area is 240 Å². The summed E-state index contributed by atoms with van der Waals surface area (Å²) in [5.74, 6) is 1.39. The highest BCUT2D eigenvalue weighted by molar-refractivity contribution is 6.01. The summed E-state index contributed by atoms with van der Waals surface area (Å²) < 4.78 is 19.0. The van der Waals surface area contributed by atoms with Crippen LogP contribution in [-0.2, 0) is 6.54 Å². The summed E-state index contributed by atoms with van der Waals surface area (Å²) in [6.07, 6.45) is 0. The van der Waals surface area contributed by atoms with E-state index >= 15 is 0 Å². The summed E-state index contributed by atoms with van der Waals surface area (Å²) >= 11 is 0. The maximum atomic E-state index is 12.0. The molecule has 0 amide bonds. The molecule has 0 radical (unpaired) electrons. The third-order valence-electron chi connectivity index (χ3n) is 6.70. The minimum Gasteiger partial charge on any atom is -0.497 e. The number of hydrogen-bond acceptors (Lipinski definition) is 8. The van der Waals surface area contributed by atoms with E-state index in [4.69, 9.17) is 14.2 Å². The second kappa shape index (κ2) is 11.4. The second-order valence-corrected chi connectivity index (χ2v) is 9.31. The van der Waals surface area contributed by atoms with E-state index in [0.717, 1.165) is 22.3 Å². The van der Waals surface area contributed by atoms with Crippen molar-refractivity contribution >= 4 is 17.0 Å². The number of aromatic amines is 1. The number of tetrazole rings is 1. The highest BCUT2D eigenvalue weighted by Crippen LogP contribution is 2.36. The molecule has 0 bridgehead atoms. The zero-order valence-electron chi connectivity index (χ0n) is 22.8. The average molecular weight is 563 g/mol. The maximum absolute atomic E-state index is 12.0. The Kier molecular flexibility index (Phi) is 7.21. The number of aromatic carboxylic acids is 1. The van der Waals surface area contributed by atoms with Gasteiger partial charge in [-0.05, 0) is 71.3 Å². The lowest BCUT2D eigenvalue weighted by Crippen LogP contribution is -2.08. The second-order valence-electron chi connectivity index (χ2n) is 9.31. The summed E-state index contributed by atoms with van der Waals surface area (Å²) in [7, 11) is 1.61. The van der Waals surface area contributed by atoms with E-state index in [1.54, 1.807) is 29.9 Å². The molecular weight excluding hydrogens is 536 g/mol. The van der Waals surface area contributed by atoms with Gasteiger partial charge in [-0.1, -0.05) is 36.4 Å². The minimum absolute atomic E-state index is 0.167. The quantitative estimate of drug-likeness (QED) is 0.211. The zero-order valence-corrected chi connectivity index (χ0v) is 22.8. The monoisotopic (exact) mass is 562 g/mol. The first-order valence-electron chi connectivity index (χ1n) is 13.2. The molecule has 4 aromatic carbocycles. The van der Waals surface area contributed by atoms with E-state index in [1.165, 1.54) is 0 Å². The van der Waals surface area contributed by atoms with Crippen molar-refractivity contribution in [3.63, 3.8) is 0 Å². The van der Waals surface area contributed by atoms with Gasteiger partial charge in [-0.3, -0.25) is 4.57 Å². The van der Waals surface area contributed by atoms with Gasteiger partial charge in [0.25, 0.3) is 6.01 Å². The van der Waals surface area contributed by atoms with E-state index in [1.807, 2.05) is 73.7 Å². The largest absolute Gasteiger partial charge is 0.497 e. The first-order chi connectivity index (χ1) is 20.5. The number of H-pyrrole nitrogens is 1. The minimum atomic E-state index is -1.02. The lowest BCUT2D eigenvalue weighted by molar-refractivity contribution is 0.0698. The fourth-order valence-electron chi connectivity index (χ4n) is 4.79. The van der Waals surface area contributed by atoms with Crippen LogP contribution in [0.3, 0.4) is 0 Å². The number of aromatic nitrogens is 6. The van der Waals surface area contributed by atoms with Gasteiger partial charge >= 0.3 is 5.97 Å². The molecule has 0 unspecified atom stereocenters. The molecule has 0 aliphatic carbocycles. The Morgan fingerprint density at radius 2 is 1.71 bits per heavy atom. The van der Waals surface area contributed by atoms with E-state index in [-0.39, 0.29) is 5.56 Å². The summed E-state index contributed by atoms with van der Waals surface area (Å²) in [4.78, 5) is 16.5. The van der Waals surface area contributed by atoms with Crippen molar-refractivity contribution in [3.8, 4) is 45.8 Å².